The van der Waals surface area contributed by atoms with Crippen LogP contribution in [-0.4, -0.2) is 28.8 Å². The van der Waals surface area contributed by atoms with Crippen LogP contribution in [0.25, 0.3) is 0 Å². The van der Waals surface area contributed by atoms with Crippen molar-refractivity contribution < 1.29 is 9.59 Å². The van der Waals surface area contributed by atoms with E-state index >= 15 is 0 Å². The lowest BCUT2D eigenvalue weighted by Gasteiger charge is -2.19. The largest absolute Gasteiger partial charge is 0.299 e. The molecule has 0 radical (unpaired) electrons. The van der Waals surface area contributed by atoms with Gasteiger partial charge in [0.25, 0.3) is 0 Å². The van der Waals surface area contributed by atoms with Crippen LogP contribution in [0.4, 0.5) is 0 Å². The van der Waals surface area contributed by atoms with Crippen LogP contribution in [0.3, 0.4) is 0 Å². The van der Waals surface area contributed by atoms with E-state index in [0.29, 0.717) is 6.42 Å². The van der Waals surface area contributed by atoms with Gasteiger partial charge < -0.3 is 0 Å². The van der Waals surface area contributed by atoms with Gasteiger partial charge in [-0.3, -0.25) is 19.8 Å². The van der Waals surface area contributed by atoms with Crippen LogP contribution >= 0.6 is 11.3 Å². The number of nitrogens with one attached hydrogen (secondary N) is 1. The van der Waals surface area contributed by atoms with E-state index in [-0.39, 0.29) is 29.9 Å². The molecule has 1 aliphatic heterocycles. The average Bonchev–Trinajstić information content (AvgIpc) is 3.08. The van der Waals surface area contributed by atoms with Gasteiger partial charge >= 0.3 is 0 Å². The van der Waals surface area contributed by atoms with Gasteiger partial charge in [-0.05, 0) is 45.2 Å². The zero-order valence-corrected chi connectivity index (χ0v) is 12.9. The summed E-state index contributed by atoms with van der Waals surface area (Å²) in [7, 11) is 0. The van der Waals surface area contributed by atoms with Crippen molar-refractivity contribution in [1.82, 2.24) is 10.2 Å². The highest BCUT2D eigenvalue weighted by Crippen LogP contribution is 2.33. The van der Waals surface area contributed by atoms with E-state index in [0.717, 1.165) is 12.8 Å². The zero-order valence-electron chi connectivity index (χ0n) is 12.1. The van der Waals surface area contributed by atoms with Crippen LogP contribution in [0.2, 0.25) is 0 Å². The molecule has 20 heavy (non-hydrogen) atoms. The maximum Gasteiger partial charge on any atom is 0.247 e. The van der Waals surface area contributed by atoms with Crippen LogP contribution in [0.15, 0.2) is 6.07 Å². The lowest BCUT2D eigenvalue weighted by atomic mass is 10.1. The molecule has 2 heterocycles. The van der Waals surface area contributed by atoms with E-state index < -0.39 is 0 Å². The Labute approximate surface area is 123 Å². The Morgan fingerprint density at radius 3 is 2.60 bits per heavy atom. The minimum absolute atomic E-state index is 0.0135. The van der Waals surface area contributed by atoms with E-state index in [1.807, 2.05) is 0 Å². The first-order valence-electron chi connectivity index (χ1n) is 7.16. The second-order valence-electron chi connectivity index (χ2n) is 5.85. The molecule has 5 heteroatoms. The van der Waals surface area contributed by atoms with Crippen molar-refractivity contribution in [2.45, 2.75) is 58.2 Å². The molecular weight excluding hydrogens is 272 g/mol. The molecule has 0 spiro atoms. The number of nitrogens with zero attached hydrogens (tertiary/aromatic N) is 1. The zero-order chi connectivity index (χ0) is 14.4. The smallest absolute Gasteiger partial charge is 0.247 e. The van der Waals surface area contributed by atoms with E-state index in [4.69, 9.17) is 0 Å². The number of likely N-dealkylation sites (tertiary alicyclic amines) is 1. The molecule has 2 atom stereocenters. The number of carbonyl (C=O) groups is 2. The number of carbonyl (C=O) groups excluding carboxylic acids is 2. The lowest BCUT2D eigenvalue weighted by molar-refractivity contribution is -0.139. The molecule has 108 valence electrons. The summed E-state index contributed by atoms with van der Waals surface area (Å²) in [5, 5.41) is 3.34. The Balaban J connectivity index is 1.70. The maximum atomic E-state index is 12.3. The van der Waals surface area contributed by atoms with Crippen LogP contribution in [0, 0.1) is 13.8 Å². The van der Waals surface area contributed by atoms with Crippen molar-refractivity contribution >= 4 is 23.2 Å². The molecule has 1 saturated carbocycles. The molecule has 1 N–H and O–H groups in total. The fraction of sp³-hybridized carbons (Fsp3) is 0.600. The molecular formula is C15H20N2O2S. The molecule has 4 nitrogen and oxygen atoms in total. The molecule has 1 aliphatic carbocycles. The van der Waals surface area contributed by atoms with Gasteiger partial charge in [-0.25, -0.2) is 0 Å². The summed E-state index contributed by atoms with van der Waals surface area (Å²) in [6.45, 7) is 6.25. The van der Waals surface area contributed by atoms with Crippen molar-refractivity contribution in [2.24, 2.45) is 0 Å². The Kier molecular flexibility index (Phi) is 3.42. The predicted molar refractivity (Wildman–Crippen MR) is 78.6 cm³/mol. The first-order valence-corrected chi connectivity index (χ1v) is 7.98. The van der Waals surface area contributed by atoms with E-state index in [1.54, 1.807) is 11.3 Å². The van der Waals surface area contributed by atoms with E-state index in [1.165, 1.54) is 20.2 Å². The second-order valence-corrected chi connectivity index (χ2v) is 7.31. The highest BCUT2D eigenvalue weighted by molar-refractivity contribution is 7.12. The molecule has 2 unspecified atom stereocenters. The maximum absolute atomic E-state index is 12.3. The minimum atomic E-state index is -0.349. The third-order valence-corrected chi connectivity index (χ3v) is 5.07. The van der Waals surface area contributed by atoms with Gasteiger partial charge in [0.05, 0.1) is 12.5 Å². The van der Waals surface area contributed by atoms with Crippen LogP contribution in [0.1, 0.15) is 47.5 Å². The molecule has 2 amide bonds. The highest BCUT2D eigenvalue weighted by atomic mass is 32.1. The predicted octanol–water partition coefficient (Wildman–Crippen LogP) is 2.31. The van der Waals surface area contributed by atoms with E-state index in [9.17, 15) is 9.59 Å². The third kappa shape index (κ3) is 2.40. The normalized spacial score (nSPS) is 24.6. The number of rotatable bonds is 4. The Morgan fingerprint density at radius 1 is 1.35 bits per heavy atom. The quantitative estimate of drug-likeness (QED) is 0.866. The van der Waals surface area contributed by atoms with Gasteiger partial charge in [0.1, 0.15) is 0 Å². The minimum Gasteiger partial charge on any atom is -0.299 e. The highest BCUT2D eigenvalue weighted by Gasteiger charge is 2.46. The van der Waals surface area contributed by atoms with Crippen molar-refractivity contribution in [1.29, 1.82) is 0 Å². The summed E-state index contributed by atoms with van der Waals surface area (Å²) in [6.07, 6.45) is 2.26. The number of amides is 2. The van der Waals surface area contributed by atoms with Gasteiger partial charge in [-0.2, -0.15) is 0 Å². The van der Waals surface area contributed by atoms with Crippen LogP contribution in [-0.2, 0) is 9.59 Å². The molecule has 0 bridgehead atoms. The van der Waals surface area contributed by atoms with Crippen LogP contribution in [0.5, 0.6) is 0 Å². The molecule has 2 fully saturated rings. The van der Waals surface area contributed by atoms with Crippen molar-refractivity contribution in [2.75, 3.05) is 0 Å². The molecule has 1 saturated heterocycles. The fourth-order valence-corrected chi connectivity index (χ4v) is 3.99. The number of hydrogen-bond acceptors (Lipinski definition) is 4. The molecule has 0 aromatic carbocycles. The molecule has 1 aromatic rings. The van der Waals surface area contributed by atoms with Gasteiger partial charge in [0.15, 0.2) is 0 Å². The third-order valence-electron chi connectivity index (χ3n) is 4.09. The number of hydrogen-bond donors (Lipinski definition) is 1. The Bertz CT molecular complexity index is 562. The molecule has 1 aromatic heterocycles. The Morgan fingerprint density at radius 2 is 2.05 bits per heavy atom. The standard InChI is InChI=1S/C15H20N2O2S/c1-8-6-12(10(3)20-8)9(2)16-13-7-14(18)17(15(13)19)11-4-5-11/h6,9,11,13,16H,4-5,7H2,1-3H3. The summed E-state index contributed by atoms with van der Waals surface area (Å²) in [4.78, 5) is 28.3. The van der Waals surface area contributed by atoms with Gasteiger partial charge in [-0.1, -0.05) is 0 Å². The number of thiophene rings is 1. The number of imide groups is 1. The summed E-state index contributed by atoms with van der Waals surface area (Å²) in [6, 6.07) is 2.10. The molecule has 2 aliphatic rings. The first kappa shape index (κ1) is 13.8. The summed E-state index contributed by atoms with van der Waals surface area (Å²) in [5.41, 5.74) is 1.23. The summed E-state index contributed by atoms with van der Waals surface area (Å²) in [5.74, 6) is -0.0469. The van der Waals surface area contributed by atoms with Crippen molar-refractivity contribution in [3.05, 3.63) is 21.4 Å². The van der Waals surface area contributed by atoms with Crippen molar-refractivity contribution in [3.63, 3.8) is 0 Å². The summed E-state index contributed by atoms with van der Waals surface area (Å²) >= 11 is 1.77. The SMILES string of the molecule is Cc1cc(C(C)NC2CC(=O)N(C3CC3)C2=O)c(C)s1. The Hall–Kier alpha value is -1.20. The first-order chi connectivity index (χ1) is 9.47. The van der Waals surface area contributed by atoms with Gasteiger partial charge in [0, 0.05) is 21.8 Å². The molecule has 3 rings (SSSR count). The number of aryl methyl sites for hydroxylation is 2. The van der Waals surface area contributed by atoms with Crippen molar-refractivity contribution in [3.8, 4) is 0 Å². The monoisotopic (exact) mass is 292 g/mol. The fourth-order valence-electron chi connectivity index (χ4n) is 2.97. The second kappa shape index (κ2) is 4.97. The average molecular weight is 292 g/mol. The topological polar surface area (TPSA) is 49.4 Å². The lowest BCUT2D eigenvalue weighted by Crippen LogP contribution is -2.40. The van der Waals surface area contributed by atoms with E-state index in [2.05, 4.69) is 32.2 Å². The van der Waals surface area contributed by atoms with Crippen LogP contribution < -0.4 is 5.32 Å². The summed E-state index contributed by atoms with van der Waals surface area (Å²) < 4.78 is 0. The van der Waals surface area contributed by atoms with Gasteiger partial charge in [0.2, 0.25) is 11.8 Å². The van der Waals surface area contributed by atoms with Gasteiger partial charge in [-0.15, -0.1) is 11.3 Å².